The van der Waals surface area contributed by atoms with Crippen molar-refractivity contribution in [1.82, 2.24) is 20.3 Å². The molecule has 0 aliphatic heterocycles. The molecule has 1 fully saturated rings. The maximum Gasteiger partial charge on any atom is 0.115 e. The Bertz CT molecular complexity index is 1830. The average molecular weight is 817 g/mol. The maximum atomic E-state index is 12.5. The quantitative estimate of drug-likeness (QED) is 0.0482. The first kappa shape index (κ1) is 45.3. The van der Waals surface area contributed by atoms with E-state index in [0.29, 0.717) is 33.0 Å². The number of benzene rings is 4. The number of ether oxygens (including phenoxy) is 4. The van der Waals surface area contributed by atoms with Gasteiger partial charge in [0.15, 0.2) is 0 Å². The molecule has 9 heteroatoms. The van der Waals surface area contributed by atoms with Crippen LogP contribution < -0.4 is 5.32 Å². The number of rotatable bonds is 28. The number of nitrogens with one attached hydrogen (secondary N) is 1. The lowest BCUT2D eigenvalue weighted by molar-refractivity contribution is -0.251. The van der Waals surface area contributed by atoms with Crippen molar-refractivity contribution in [2.45, 2.75) is 160 Å². The minimum Gasteiger partial charge on any atom is -0.389 e. The van der Waals surface area contributed by atoms with Gasteiger partial charge in [0.25, 0.3) is 0 Å². The van der Waals surface area contributed by atoms with Crippen LogP contribution in [-0.2, 0) is 58.5 Å². The van der Waals surface area contributed by atoms with E-state index in [1.54, 1.807) is 0 Å². The lowest BCUT2D eigenvalue weighted by Crippen LogP contribution is -2.69. The van der Waals surface area contributed by atoms with Crippen LogP contribution in [0.2, 0.25) is 0 Å². The number of aliphatic hydroxyl groups excluding tert-OH is 1. The summed E-state index contributed by atoms with van der Waals surface area (Å²) >= 11 is 0. The fourth-order valence-electron chi connectivity index (χ4n) is 8.11. The molecule has 5 aromatic rings. The molecule has 6 atom stereocenters. The Balaban J connectivity index is 1.15. The maximum absolute atomic E-state index is 12.5. The highest BCUT2D eigenvalue weighted by Crippen LogP contribution is 2.33. The highest BCUT2D eigenvalue weighted by atomic mass is 16.6. The van der Waals surface area contributed by atoms with E-state index in [1.165, 1.54) is 70.6 Å². The predicted octanol–water partition coefficient (Wildman–Crippen LogP) is 10.2. The minimum atomic E-state index is -1.01. The molecular formula is C51H68N4O5. The van der Waals surface area contributed by atoms with E-state index in [1.807, 2.05) is 120 Å². The highest BCUT2D eigenvalue weighted by Gasteiger charge is 2.53. The third-order valence-electron chi connectivity index (χ3n) is 11.5. The first-order chi connectivity index (χ1) is 29.7. The Morgan fingerprint density at radius 1 is 0.500 bits per heavy atom. The van der Waals surface area contributed by atoms with Crippen LogP contribution in [0.4, 0.5) is 0 Å². The van der Waals surface area contributed by atoms with E-state index < -0.39 is 36.6 Å². The topological polar surface area (TPSA) is 99.9 Å². The first-order valence-electron chi connectivity index (χ1n) is 22.6. The normalized spacial score (nSPS) is 20.4. The van der Waals surface area contributed by atoms with E-state index >= 15 is 0 Å². The van der Waals surface area contributed by atoms with Gasteiger partial charge in [-0.1, -0.05) is 204 Å². The van der Waals surface area contributed by atoms with Crippen LogP contribution in [0.1, 0.15) is 112 Å². The zero-order valence-corrected chi connectivity index (χ0v) is 35.7. The minimum absolute atomic E-state index is 0.300. The fourth-order valence-corrected chi connectivity index (χ4v) is 8.11. The molecule has 6 rings (SSSR count). The van der Waals surface area contributed by atoms with Crippen molar-refractivity contribution in [3.63, 3.8) is 0 Å². The fraction of sp³-hybridized carbons (Fsp3) is 0.490. The average Bonchev–Trinajstić information content (AvgIpc) is 3.75. The lowest BCUT2D eigenvalue weighted by Gasteiger charge is -2.49. The molecule has 1 saturated carbocycles. The number of aryl methyl sites for hydroxylation is 1. The summed E-state index contributed by atoms with van der Waals surface area (Å²) in [7, 11) is 0. The SMILES string of the molecule is CCCCCCCCCCCCCCn1cc(CN[C@@H]2[C@@H](O)[C@H](OCc3ccccc3)[C@@H](OCc3ccccc3)[C@H](OCc3ccccc3)[C@H]2OCc2ccccc2)nn1. The van der Waals surface area contributed by atoms with E-state index in [9.17, 15) is 5.11 Å². The van der Waals surface area contributed by atoms with Crippen LogP contribution in [0.25, 0.3) is 0 Å². The number of aliphatic hydroxyl groups is 1. The molecule has 0 radical (unpaired) electrons. The Kier molecular flexibility index (Phi) is 19.8. The second kappa shape index (κ2) is 26.2. The van der Waals surface area contributed by atoms with Crippen LogP contribution in [0, 0.1) is 0 Å². The molecule has 0 amide bonds. The summed E-state index contributed by atoms with van der Waals surface area (Å²) < 4.78 is 29.1. The third kappa shape index (κ3) is 15.0. The summed E-state index contributed by atoms with van der Waals surface area (Å²) in [5.41, 5.74) is 4.88. The monoisotopic (exact) mass is 817 g/mol. The number of nitrogens with zero attached hydrogens (tertiary/aromatic N) is 3. The smallest absolute Gasteiger partial charge is 0.115 e. The van der Waals surface area contributed by atoms with Gasteiger partial charge in [0.2, 0.25) is 0 Å². The van der Waals surface area contributed by atoms with Gasteiger partial charge >= 0.3 is 0 Å². The third-order valence-corrected chi connectivity index (χ3v) is 11.5. The summed E-state index contributed by atoms with van der Waals surface area (Å²) in [5, 5.41) is 25.1. The van der Waals surface area contributed by atoms with E-state index in [2.05, 4.69) is 34.7 Å². The lowest BCUT2D eigenvalue weighted by atomic mass is 9.82. The largest absolute Gasteiger partial charge is 0.389 e. The van der Waals surface area contributed by atoms with Gasteiger partial charge in [-0.25, -0.2) is 0 Å². The molecule has 1 aliphatic carbocycles. The molecular weight excluding hydrogens is 749 g/mol. The summed E-state index contributed by atoms with van der Waals surface area (Å²) in [4.78, 5) is 0. The molecule has 0 bridgehead atoms. The molecule has 0 unspecified atom stereocenters. The standard InChI is InChI=1S/C51H68N4O5/c1-2-3-4-5-6-7-8-9-10-11-12-25-34-55-36-45(53-54-55)35-52-46-47(56)49(58-38-42-28-19-14-20-29-42)51(60-40-44-32-23-16-24-33-44)50(59-39-43-30-21-15-22-31-43)48(46)57-37-41-26-17-13-18-27-41/h13-24,26-33,36,46-52,56H,2-12,25,34-35,37-40H2,1H3/t46-,47-,48+,49+,50-,51-/m1/s1. The summed E-state index contributed by atoms with van der Waals surface area (Å²) in [6.45, 7) is 4.79. The van der Waals surface area contributed by atoms with Crippen molar-refractivity contribution in [1.29, 1.82) is 0 Å². The number of aromatic nitrogens is 3. The molecule has 322 valence electrons. The zero-order valence-electron chi connectivity index (χ0n) is 35.7. The number of unbranched alkanes of at least 4 members (excludes halogenated alkanes) is 11. The molecule has 2 N–H and O–H groups in total. The first-order valence-corrected chi connectivity index (χ1v) is 22.6. The van der Waals surface area contributed by atoms with Crippen LogP contribution >= 0.6 is 0 Å². The summed E-state index contributed by atoms with van der Waals surface area (Å²) in [6.07, 6.45) is 14.2. The van der Waals surface area contributed by atoms with Gasteiger partial charge in [-0.2, -0.15) is 0 Å². The van der Waals surface area contributed by atoms with E-state index in [4.69, 9.17) is 18.9 Å². The molecule has 4 aromatic carbocycles. The Hall–Kier alpha value is -4.22. The Morgan fingerprint density at radius 3 is 1.33 bits per heavy atom. The van der Waals surface area contributed by atoms with Crippen molar-refractivity contribution in [3.8, 4) is 0 Å². The van der Waals surface area contributed by atoms with Crippen LogP contribution in [0.3, 0.4) is 0 Å². The van der Waals surface area contributed by atoms with Crippen LogP contribution in [-0.4, -0.2) is 56.7 Å². The van der Waals surface area contributed by atoms with Crippen LogP contribution in [0.5, 0.6) is 0 Å². The number of hydrogen-bond acceptors (Lipinski definition) is 8. The zero-order chi connectivity index (χ0) is 41.5. The molecule has 60 heavy (non-hydrogen) atoms. The Morgan fingerprint density at radius 2 is 0.883 bits per heavy atom. The van der Waals surface area contributed by atoms with Gasteiger partial charge < -0.3 is 29.4 Å². The molecule has 0 saturated heterocycles. The van der Waals surface area contributed by atoms with Gasteiger partial charge in [-0.3, -0.25) is 4.68 Å². The van der Waals surface area contributed by atoms with Gasteiger partial charge in [0.1, 0.15) is 30.5 Å². The molecule has 9 nitrogen and oxygen atoms in total. The van der Waals surface area contributed by atoms with Crippen molar-refractivity contribution in [3.05, 3.63) is 155 Å². The van der Waals surface area contributed by atoms with E-state index in [0.717, 1.165) is 40.9 Å². The number of hydrogen-bond donors (Lipinski definition) is 2. The van der Waals surface area contributed by atoms with E-state index in [-0.39, 0.29) is 0 Å². The van der Waals surface area contributed by atoms with Crippen LogP contribution in [0.15, 0.2) is 128 Å². The summed E-state index contributed by atoms with van der Waals surface area (Å²) in [5.74, 6) is 0. The molecule has 0 spiro atoms. The summed E-state index contributed by atoms with van der Waals surface area (Å²) in [6, 6.07) is 39.8. The second-order valence-corrected chi connectivity index (χ2v) is 16.3. The van der Waals surface area contributed by atoms with Gasteiger partial charge in [-0.15, -0.1) is 5.10 Å². The van der Waals surface area contributed by atoms with Crippen molar-refractivity contribution >= 4 is 0 Å². The van der Waals surface area contributed by atoms with Gasteiger partial charge in [0, 0.05) is 19.3 Å². The predicted molar refractivity (Wildman–Crippen MR) is 238 cm³/mol. The molecule has 1 heterocycles. The van der Waals surface area contributed by atoms with Crippen molar-refractivity contribution in [2.24, 2.45) is 0 Å². The van der Waals surface area contributed by atoms with Crippen molar-refractivity contribution < 1.29 is 24.1 Å². The highest BCUT2D eigenvalue weighted by molar-refractivity contribution is 5.18. The van der Waals surface area contributed by atoms with Crippen molar-refractivity contribution in [2.75, 3.05) is 0 Å². The molecule has 1 aromatic heterocycles. The second-order valence-electron chi connectivity index (χ2n) is 16.3. The Labute approximate surface area is 358 Å². The van der Waals surface area contributed by atoms with Gasteiger partial charge in [-0.05, 0) is 28.7 Å². The van der Waals surface area contributed by atoms with Gasteiger partial charge in [0.05, 0.1) is 38.2 Å². The molecule has 1 aliphatic rings.